The third-order valence-corrected chi connectivity index (χ3v) is 3.42. The van der Waals surface area contributed by atoms with Crippen molar-refractivity contribution in [3.05, 3.63) is 29.3 Å². The smallest absolute Gasteiger partial charge is 0.336 e. The molecule has 0 saturated carbocycles. The molecule has 6 heteroatoms. The topological polar surface area (TPSA) is 71.8 Å². The third kappa shape index (κ3) is 3.72. The fourth-order valence-corrected chi connectivity index (χ4v) is 2.33. The zero-order valence-electron chi connectivity index (χ0n) is 12.2. The van der Waals surface area contributed by atoms with E-state index in [0.29, 0.717) is 31.8 Å². The first-order valence-corrected chi connectivity index (χ1v) is 6.66. The molecule has 1 aromatic rings. The summed E-state index contributed by atoms with van der Waals surface area (Å²) in [6.45, 7) is 2.25. The molecule has 6 nitrogen and oxygen atoms in total. The molecular weight excluding hydrogens is 272 g/mol. The van der Waals surface area contributed by atoms with Gasteiger partial charge in [-0.25, -0.2) is 4.79 Å². The van der Waals surface area contributed by atoms with E-state index in [9.17, 15) is 4.79 Å². The van der Waals surface area contributed by atoms with E-state index in [1.54, 1.807) is 25.3 Å². The molecule has 1 atom stereocenters. The van der Waals surface area contributed by atoms with E-state index in [0.717, 1.165) is 11.3 Å². The summed E-state index contributed by atoms with van der Waals surface area (Å²) in [5.74, 6) is 0.368. The average molecular weight is 290 g/mol. The van der Waals surface area contributed by atoms with Crippen LogP contribution in [-0.4, -0.2) is 50.9 Å². The summed E-state index contributed by atoms with van der Waals surface area (Å²) in [6, 6.07) is 7.43. The van der Waals surface area contributed by atoms with Crippen LogP contribution in [-0.2, 0) is 20.8 Å². The lowest BCUT2D eigenvalue weighted by atomic mass is 10.1. The highest BCUT2D eigenvalue weighted by Gasteiger charge is 2.27. The van der Waals surface area contributed by atoms with Crippen molar-refractivity contribution in [2.75, 3.05) is 33.9 Å². The predicted octanol–water partition coefficient (Wildman–Crippen LogP) is 0.941. The molecule has 1 aromatic carbocycles. The molecule has 112 valence electrons. The van der Waals surface area contributed by atoms with Crippen LogP contribution in [0.1, 0.15) is 11.1 Å². The lowest BCUT2D eigenvalue weighted by molar-refractivity contribution is -0.160. The van der Waals surface area contributed by atoms with Gasteiger partial charge >= 0.3 is 5.97 Å². The highest BCUT2D eigenvalue weighted by molar-refractivity contribution is 5.74. The number of carbonyl (C=O) groups is 1. The number of rotatable bonds is 4. The summed E-state index contributed by atoms with van der Waals surface area (Å²) in [6.07, 6.45) is -0.561. The van der Waals surface area contributed by atoms with Crippen LogP contribution in [0.3, 0.4) is 0 Å². The fourth-order valence-electron chi connectivity index (χ4n) is 2.33. The number of nitriles is 1. The Bertz CT molecular complexity index is 553. The molecule has 0 aromatic heterocycles. The molecule has 1 heterocycles. The summed E-state index contributed by atoms with van der Waals surface area (Å²) < 4.78 is 15.4. The highest BCUT2D eigenvalue weighted by Crippen LogP contribution is 2.22. The van der Waals surface area contributed by atoms with Crippen molar-refractivity contribution in [3.63, 3.8) is 0 Å². The van der Waals surface area contributed by atoms with E-state index in [4.69, 9.17) is 19.5 Å². The first-order valence-electron chi connectivity index (χ1n) is 6.66. The molecule has 0 radical (unpaired) electrons. The molecule has 2 rings (SSSR count). The molecule has 1 aliphatic rings. The number of nitrogens with zero attached hydrogens (tertiary/aromatic N) is 2. The van der Waals surface area contributed by atoms with Gasteiger partial charge in [-0.3, -0.25) is 4.90 Å². The van der Waals surface area contributed by atoms with Crippen molar-refractivity contribution < 1.29 is 19.0 Å². The minimum Gasteiger partial charge on any atom is -0.496 e. The number of benzene rings is 1. The minimum absolute atomic E-state index is 0.363. The Morgan fingerprint density at radius 2 is 2.33 bits per heavy atom. The van der Waals surface area contributed by atoms with Crippen molar-refractivity contribution in [2.45, 2.75) is 12.6 Å². The summed E-state index contributed by atoms with van der Waals surface area (Å²) in [5, 5.41) is 8.99. The Kier molecular flexibility index (Phi) is 5.14. The zero-order valence-corrected chi connectivity index (χ0v) is 12.2. The Balaban J connectivity index is 2.10. The molecule has 1 saturated heterocycles. The summed E-state index contributed by atoms with van der Waals surface area (Å²) in [7, 11) is 2.95. The molecule has 21 heavy (non-hydrogen) atoms. The van der Waals surface area contributed by atoms with E-state index in [1.807, 2.05) is 0 Å². The van der Waals surface area contributed by atoms with Gasteiger partial charge in [0.25, 0.3) is 0 Å². The molecule has 0 amide bonds. The Morgan fingerprint density at radius 1 is 1.52 bits per heavy atom. The van der Waals surface area contributed by atoms with Crippen molar-refractivity contribution >= 4 is 5.97 Å². The van der Waals surface area contributed by atoms with Crippen LogP contribution in [0.4, 0.5) is 0 Å². The molecule has 0 bridgehead atoms. The van der Waals surface area contributed by atoms with Crippen LogP contribution in [0.15, 0.2) is 18.2 Å². The summed E-state index contributed by atoms with van der Waals surface area (Å²) in [4.78, 5) is 13.6. The molecule has 0 N–H and O–H groups in total. The maximum absolute atomic E-state index is 11.5. The quantitative estimate of drug-likeness (QED) is 0.769. The van der Waals surface area contributed by atoms with Gasteiger partial charge < -0.3 is 14.2 Å². The molecule has 0 aliphatic carbocycles. The normalized spacial score (nSPS) is 18.8. The van der Waals surface area contributed by atoms with Gasteiger partial charge in [-0.15, -0.1) is 0 Å². The van der Waals surface area contributed by atoms with Crippen molar-refractivity contribution in [1.29, 1.82) is 5.26 Å². The zero-order chi connectivity index (χ0) is 15.2. The largest absolute Gasteiger partial charge is 0.496 e. The lowest BCUT2D eigenvalue weighted by Gasteiger charge is -2.31. The molecule has 1 aliphatic heterocycles. The highest BCUT2D eigenvalue weighted by atomic mass is 16.6. The monoisotopic (exact) mass is 290 g/mol. The number of carbonyl (C=O) groups excluding carboxylic acids is 1. The Hall–Kier alpha value is -2.10. The second kappa shape index (κ2) is 7.07. The standard InChI is InChI=1S/C15H18N2O4/c1-19-13-4-3-11(8-16)7-12(13)9-17-5-6-21-14(10-17)15(18)20-2/h3-4,7,14H,5-6,9-10H2,1-2H3. The maximum Gasteiger partial charge on any atom is 0.336 e. The van der Waals surface area contributed by atoms with Gasteiger partial charge in [-0.1, -0.05) is 0 Å². The molecule has 1 unspecified atom stereocenters. The third-order valence-electron chi connectivity index (χ3n) is 3.42. The molecular formula is C15H18N2O4. The Morgan fingerprint density at radius 3 is 3.00 bits per heavy atom. The number of hydrogen-bond donors (Lipinski definition) is 0. The second-order valence-corrected chi connectivity index (χ2v) is 4.76. The SMILES string of the molecule is COC(=O)C1CN(Cc2cc(C#N)ccc2OC)CCO1. The van der Waals surface area contributed by atoms with Crippen LogP contribution in [0.2, 0.25) is 0 Å². The number of esters is 1. The van der Waals surface area contributed by atoms with E-state index < -0.39 is 6.10 Å². The maximum atomic E-state index is 11.5. The van der Waals surface area contributed by atoms with Crippen LogP contribution in [0.25, 0.3) is 0 Å². The van der Waals surface area contributed by atoms with Crippen LogP contribution in [0, 0.1) is 11.3 Å². The van der Waals surface area contributed by atoms with Crippen LogP contribution < -0.4 is 4.74 Å². The van der Waals surface area contributed by atoms with E-state index in [1.165, 1.54) is 7.11 Å². The first kappa shape index (κ1) is 15.3. The number of methoxy groups -OCH3 is 2. The fraction of sp³-hybridized carbons (Fsp3) is 0.467. The molecule has 0 spiro atoms. The summed E-state index contributed by atoms with van der Waals surface area (Å²) >= 11 is 0. The number of ether oxygens (including phenoxy) is 3. The average Bonchev–Trinajstić information content (AvgIpc) is 2.54. The number of morpholine rings is 1. The van der Waals surface area contributed by atoms with Gasteiger partial charge in [-0.05, 0) is 18.2 Å². The van der Waals surface area contributed by atoms with E-state index in [2.05, 4.69) is 11.0 Å². The summed E-state index contributed by atoms with van der Waals surface area (Å²) in [5.41, 5.74) is 1.51. The van der Waals surface area contributed by atoms with Gasteiger partial charge in [0, 0.05) is 25.2 Å². The van der Waals surface area contributed by atoms with Gasteiger partial charge in [0.1, 0.15) is 5.75 Å². The van der Waals surface area contributed by atoms with Gasteiger partial charge in [0.05, 0.1) is 32.5 Å². The van der Waals surface area contributed by atoms with Gasteiger partial charge in [-0.2, -0.15) is 5.26 Å². The van der Waals surface area contributed by atoms with Gasteiger partial charge in [0.2, 0.25) is 0 Å². The predicted molar refractivity (Wildman–Crippen MR) is 74.7 cm³/mol. The minimum atomic E-state index is -0.561. The number of hydrogen-bond acceptors (Lipinski definition) is 6. The van der Waals surface area contributed by atoms with Gasteiger partial charge in [0.15, 0.2) is 6.10 Å². The van der Waals surface area contributed by atoms with Crippen LogP contribution >= 0.6 is 0 Å². The lowest BCUT2D eigenvalue weighted by Crippen LogP contribution is -2.46. The Labute approximate surface area is 123 Å². The molecule has 1 fully saturated rings. The second-order valence-electron chi connectivity index (χ2n) is 4.76. The van der Waals surface area contributed by atoms with Crippen LogP contribution in [0.5, 0.6) is 5.75 Å². The van der Waals surface area contributed by atoms with Crippen molar-refractivity contribution in [3.8, 4) is 11.8 Å². The van der Waals surface area contributed by atoms with Crippen molar-refractivity contribution in [1.82, 2.24) is 4.90 Å². The first-order chi connectivity index (χ1) is 10.2. The van der Waals surface area contributed by atoms with E-state index in [-0.39, 0.29) is 5.97 Å². The van der Waals surface area contributed by atoms with Crippen molar-refractivity contribution in [2.24, 2.45) is 0 Å². The van der Waals surface area contributed by atoms with E-state index >= 15 is 0 Å².